The van der Waals surface area contributed by atoms with Gasteiger partial charge in [-0.15, -0.1) is 5.11 Å². The topological polar surface area (TPSA) is 177 Å². The molecule has 0 radical (unpaired) electrons. The smallest absolute Gasteiger partial charge is 0.435 e. The number of nitrogens with one attached hydrogen (secondary N) is 1. The number of halogens is 6. The maximum absolute atomic E-state index is 14.1. The number of H-pyrrole nitrogens is 1. The predicted molar refractivity (Wildman–Crippen MR) is 133 cm³/mol. The molecule has 0 spiro atoms. The third kappa shape index (κ3) is 8.67. The highest BCUT2D eigenvalue weighted by Gasteiger charge is 2.54. The molecule has 1 fully saturated rings. The number of carbonyl (C=O) groups is 4. The van der Waals surface area contributed by atoms with Crippen LogP contribution in [-0.4, -0.2) is 64.7 Å². The summed E-state index contributed by atoms with van der Waals surface area (Å²) in [5.41, 5.74) is -6.65. The molecule has 1 aromatic heterocycles. The van der Waals surface area contributed by atoms with Crippen LogP contribution in [-0.2, 0) is 55.2 Å². The van der Waals surface area contributed by atoms with Crippen molar-refractivity contribution in [2.45, 2.75) is 70.7 Å². The lowest BCUT2D eigenvalue weighted by molar-refractivity contribution is -0.271. The minimum Gasteiger partial charge on any atom is -0.463 e. The molecule has 1 aliphatic rings. The van der Waals surface area contributed by atoms with Crippen molar-refractivity contribution in [3.63, 3.8) is 0 Å². The van der Waals surface area contributed by atoms with Gasteiger partial charge in [-0.3, -0.25) is 29.1 Å². The van der Waals surface area contributed by atoms with E-state index in [1.54, 1.807) is 5.10 Å². The van der Waals surface area contributed by atoms with Crippen LogP contribution in [0.3, 0.4) is 0 Å². The summed E-state index contributed by atoms with van der Waals surface area (Å²) in [5.74, 6) is -4.02. The first-order valence-corrected chi connectivity index (χ1v) is 12.6. The molecule has 14 nitrogen and oxygen atoms in total. The monoisotopic (exact) mass is 654 g/mol. The van der Waals surface area contributed by atoms with Crippen LogP contribution in [0.4, 0.5) is 37.7 Å². The van der Waals surface area contributed by atoms with Gasteiger partial charge in [-0.05, 0) is 18.2 Å². The van der Waals surface area contributed by atoms with Crippen LogP contribution in [0.2, 0.25) is 0 Å². The lowest BCUT2D eigenvalue weighted by Gasteiger charge is -2.44. The number of benzene rings is 1. The first-order chi connectivity index (χ1) is 20.8. The summed E-state index contributed by atoms with van der Waals surface area (Å²) < 4.78 is 108. The summed E-state index contributed by atoms with van der Waals surface area (Å²) in [7, 11) is 0. The van der Waals surface area contributed by atoms with E-state index < -0.39 is 102 Å². The maximum Gasteiger partial charge on any atom is 0.435 e. The van der Waals surface area contributed by atoms with E-state index in [1.807, 2.05) is 0 Å². The highest BCUT2D eigenvalue weighted by Crippen LogP contribution is 2.38. The van der Waals surface area contributed by atoms with Crippen LogP contribution in [0.15, 0.2) is 39.3 Å². The number of hydrogen-bond acceptors (Lipinski definition) is 12. The van der Waals surface area contributed by atoms with Crippen LogP contribution in [0, 0.1) is 0 Å². The summed E-state index contributed by atoms with van der Waals surface area (Å²) in [5, 5.41) is 8.33. The molecule has 5 atom stereocenters. The Morgan fingerprint density at radius 2 is 1.42 bits per heavy atom. The Labute approximate surface area is 248 Å². The van der Waals surface area contributed by atoms with Crippen LogP contribution in [0.25, 0.3) is 0 Å². The number of alkyl halides is 6. The van der Waals surface area contributed by atoms with Gasteiger partial charge in [-0.2, -0.15) is 31.5 Å². The number of rotatable bonds is 8. The van der Waals surface area contributed by atoms with Gasteiger partial charge in [0.1, 0.15) is 12.7 Å². The van der Waals surface area contributed by atoms with Gasteiger partial charge >= 0.3 is 36.2 Å². The van der Waals surface area contributed by atoms with E-state index in [0.29, 0.717) is 12.1 Å². The van der Waals surface area contributed by atoms with Crippen LogP contribution in [0.5, 0.6) is 0 Å². The molecule has 0 aliphatic carbocycles. The molecule has 246 valence electrons. The Morgan fingerprint density at radius 3 is 1.96 bits per heavy atom. The molecule has 1 N–H and O–H groups in total. The van der Waals surface area contributed by atoms with Gasteiger partial charge in [0.15, 0.2) is 35.9 Å². The van der Waals surface area contributed by atoms with Gasteiger partial charge in [0.25, 0.3) is 5.56 Å². The molecule has 1 aromatic carbocycles. The third-order valence-corrected chi connectivity index (χ3v) is 5.83. The zero-order chi connectivity index (χ0) is 33.9. The zero-order valence-electron chi connectivity index (χ0n) is 23.6. The first kappa shape index (κ1) is 34.7. The van der Waals surface area contributed by atoms with Gasteiger partial charge < -0.3 is 23.7 Å². The van der Waals surface area contributed by atoms with Crippen molar-refractivity contribution >= 4 is 35.3 Å². The summed E-state index contributed by atoms with van der Waals surface area (Å²) in [6.07, 6.45) is -19.4. The first-order valence-electron chi connectivity index (χ1n) is 12.6. The molecule has 0 unspecified atom stereocenters. The molecule has 1 saturated heterocycles. The van der Waals surface area contributed by atoms with E-state index in [9.17, 15) is 50.3 Å². The maximum atomic E-state index is 14.1. The lowest BCUT2D eigenvalue weighted by atomic mass is 9.97. The largest absolute Gasteiger partial charge is 0.463 e. The standard InChI is InChI=1S/C25H24F6N4O10/c1-10(36)41-9-16-18(42-11(2)37)19(43-12(3)38)20(44-13(4)39)23(45-16)35-22(40)17(21(34-35)25(29,30)31)33-32-15-7-5-6-14(8-15)24(26,27)28/h5-8,16,18-20,23,34H,9H2,1-4H3/t16-,18-,19+,20-,23-/m1/s1. The molecule has 20 heteroatoms. The van der Waals surface area contributed by atoms with Gasteiger partial charge in [-0.1, -0.05) is 6.07 Å². The molecule has 0 bridgehead atoms. The van der Waals surface area contributed by atoms with E-state index in [2.05, 4.69) is 10.2 Å². The molecule has 3 rings (SSSR count). The second-order valence-corrected chi connectivity index (χ2v) is 9.35. The van der Waals surface area contributed by atoms with E-state index in [4.69, 9.17) is 23.7 Å². The molecule has 45 heavy (non-hydrogen) atoms. The van der Waals surface area contributed by atoms with Gasteiger partial charge in [-0.25, -0.2) is 4.68 Å². The summed E-state index contributed by atoms with van der Waals surface area (Å²) >= 11 is 0. The van der Waals surface area contributed by atoms with E-state index >= 15 is 0 Å². The Balaban J connectivity index is 2.21. The normalized spacial score (nSPS) is 22.1. The molecule has 2 aromatic rings. The average molecular weight is 654 g/mol. The van der Waals surface area contributed by atoms with Crippen molar-refractivity contribution in [2.75, 3.05) is 6.61 Å². The molecule has 0 amide bonds. The number of aromatic nitrogens is 2. The van der Waals surface area contributed by atoms with Crippen molar-refractivity contribution in [1.29, 1.82) is 0 Å². The Hall–Kier alpha value is -4.75. The number of aromatic amines is 1. The van der Waals surface area contributed by atoms with Gasteiger partial charge in [0, 0.05) is 27.7 Å². The summed E-state index contributed by atoms with van der Waals surface area (Å²) in [4.78, 5) is 60.8. The molecular weight excluding hydrogens is 630 g/mol. The van der Waals surface area contributed by atoms with E-state index in [0.717, 1.165) is 39.8 Å². The predicted octanol–water partition coefficient (Wildman–Crippen LogP) is 3.89. The van der Waals surface area contributed by atoms with Crippen molar-refractivity contribution in [3.8, 4) is 0 Å². The Bertz CT molecular complexity index is 1530. The van der Waals surface area contributed by atoms with E-state index in [-0.39, 0.29) is 4.68 Å². The fourth-order valence-electron chi connectivity index (χ4n) is 4.18. The minimum atomic E-state index is -5.34. The summed E-state index contributed by atoms with van der Waals surface area (Å²) in [6, 6.07) is 3.04. The molecule has 1 aliphatic heterocycles. The average Bonchev–Trinajstić information content (AvgIpc) is 3.24. The fraction of sp³-hybridized carbons (Fsp3) is 0.480. The van der Waals surface area contributed by atoms with Crippen LogP contribution < -0.4 is 5.56 Å². The van der Waals surface area contributed by atoms with Gasteiger partial charge in [0.05, 0.1) is 11.3 Å². The second kappa shape index (κ2) is 13.5. The third-order valence-electron chi connectivity index (χ3n) is 5.83. The van der Waals surface area contributed by atoms with Crippen molar-refractivity contribution in [2.24, 2.45) is 10.2 Å². The van der Waals surface area contributed by atoms with Crippen LogP contribution in [0.1, 0.15) is 45.2 Å². The number of nitrogens with zero attached hydrogens (tertiary/aromatic N) is 3. The van der Waals surface area contributed by atoms with Crippen molar-refractivity contribution in [3.05, 3.63) is 45.9 Å². The Kier molecular flexibility index (Phi) is 10.4. The van der Waals surface area contributed by atoms with Crippen LogP contribution >= 0.6 is 0 Å². The molecular formula is C25H24F6N4O10. The summed E-state index contributed by atoms with van der Waals surface area (Å²) in [6.45, 7) is 2.93. The van der Waals surface area contributed by atoms with Crippen molar-refractivity contribution in [1.82, 2.24) is 9.78 Å². The zero-order valence-corrected chi connectivity index (χ0v) is 23.6. The molecule has 0 saturated carbocycles. The number of esters is 4. The number of hydrogen-bond donors (Lipinski definition) is 1. The highest BCUT2D eigenvalue weighted by atomic mass is 19.4. The van der Waals surface area contributed by atoms with E-state index in [1.165, 1.54) is 0 Å². The number of ether oxygens (including phenoxy) is 5. The quantitative estimate of drug-likeness (QED) is 0.190. The molecule has 2 heterocycles. The lowest BCUT2D eigenvalue weighted by Crippen LogP contribution is -2.61. The second-order valence-electron chi connectivity index (χ2n) is 9.35. The SMILES string of the molecule is CC(=O)OC[C@H]1O[C@@H](n2[nH]c(C(F)(F)F)c(N=Nc3cccc(C(F)(F)F)c3)c2=O)[C@H](OC(C)=O)[C@@H](OC(C)=O)[C@@H]1OC(C)=O. The number of carbonyl (C=O) groups excluding carboxylic acids is 4. The Morgan fingerprint density at radius 1 is 0.844 bits per heavy atom. The van der Waals surface area contributed by atoms with Crippen molar-refractivity contribution < 1.29 is 69.2 Å². The fourth-order valence-corrected chi connectivity index (χ4v) is 4.18. The number of azo groups is 1. The van der Waals surface area contributed by atoms with Gasteiger partial charge in [0.2, 0.25) is 0 Å². The minimum absolute atomic E-state index is 0.151. The highest BCUT2D eigenvalue weighted by molar-refractivity contribution is 5.68.